The van der Waals surface area contributed by atoms with Crippen molar-refractivity contribution in [3.8, 4) is 0 Å². The van der Waals surface area contributed by atoms with Crippen LogP contribution in [-0.4, -0.2) is 11.8 Å². The SMILES string of the molecule is CC(=O)[C@@H](C)[C@H](C)N. The zero-order chi connectivity index (χ0) is 6.73. The second-order valence-corrected chi connectivity index (χ2v) is 2.26. The lowest BCUT2D eigenvalue weighted by Gasteiger charge is -2.09. The molecule has 2 atom stereocenters. The Morgan fingerprint density at radius 2 is 1.88 bits per heavy atom. The molecule has 0 aromatic carbocycles. The molecule has 0 amide bonds. The highest BCUT2D eigenvalue weighted by Gasteiger charge is 2.10. The van der Waals surface area contributed by atoms with E-state index < -0.39 is 0 Å². The molecular formula is C6H13NO. The van der Waals surface area contributed by atoms with Crippen LogP contribution in [0.4, 0.5) is 0 Å². The van der Waals surface area contributed by atoms with Crippen LogP contribution in [0, 0.1) is 5.92 Å². The van der Waals surface area contributed by atoms with Crippen LogP contribution >= 0.6 is 0 Å². The summed E-state index contributed by atoms with van der Waals surface area (Å²) in [6.07, 6.45) is 0. The van der Waals surface area contributed by atoms with Crippen molar-refractivity contribution in [1.29, 1.82) is 0 Å². The Balaban J connectivity index is 3.64. The van der Waals surface area contributed by atoms with Gasteiger partial charge in [-0.2, -0.15) is 0 Å². The van der Waals surface area contributed by atoms with Gasteiger partial charge in [0.2, 0.25) is 0 Å². The van der Waals surface area contributed by atoms with E-state index in [1.807, 2.05) is 13.8 Å². The first-order valence-electron chi connectivity index (χ1n) is 2.81. The molecule has 0 aliphatic heterocycles. The summed E-state index contributed by atoms with van der Waals surface area (Å²) >= 11 is 0. The maximum absolute atomic E-state index is 10.5. The number of rotatable bonds is 2. The largest absolute Gasteiger partial charge is 0.327 e. The molecule has 2 heteroatoms. The summed E-state index contributed by atoms with van der Waals surface area (Å²) < 4.78 is 0. The second-order valence-electron chi connectivity index (χ2n) is 2.26. The Labute approximate surface area is 50.1 Å². The van der Waals surface area contributed by atoms with Gasteiger partial charge in [0.1, 0.15) is 5.78 Å². The first kappa shape index (κ1) is 7.63. The molecule has 0 aliphatic rings. The van der Waals surface area contributed by atoms with Gasteiger partial charge >= 0.3 is 0 Å². The molecule has 48 valence electrons. The van der Waals surface area contributed by atoms with Crippen LogP contribution in [0.2, 0.25) is 0 Å². The molecule has 0 fully saturated rings. The van der Waals surface area contributed by atoms with Crippen LogP contribution < -0.4 is 5.73 Å². The number of Topliss-reactive ketones (excluding diaryl/α,β-unsaturated/α-hetero) is 1. The first-order chi connectivity index (χ1) is 3.55. The standard InChI is InChI=1S/C6H13NO/c1-4(5(2)7)6(3)8/h4-5H,7H2,1-3H3/t4-,5-/m0/s1. The summed E-state index contributed by atoms with van der Waals surface area (Å²) in [5.41, 5.74) is 5.42. The van der Waals surface area contributed by atoms with Crippen LogP contribution in [0.25, 0.3) is 0 Å². The zero-order valence-corrected chi connectivity index (χ0v) is 5.64. The average Bonchev–Trinajstić information content (AvgIpc) is 1.64. The number of carbonyl (C=O) groups is 1. The van der Waals surface area contributed by atoms with E-state index in [0.717, 1.165) is 0 Å². The predicted molar refractivity (Wildman–Crippen MR) is 33.5 cm³/mol. The van der Waals surface area contributed by atoms with Crippen molar-refractivity contribution < 1.29 is 4.79 Å². The van der Waals surface area contributed by atoms with Gasteiger partial charge in [0.05, 0.1) is 0 Å². The fourth-order valence-electron chi connectivity index (χ4n) is 0.370. The number of hydrogen-bond donors (Lipinski definition) is 1. The number of carbonyl (C=O) groups excluding carboxylic acids is 1. The lowest BCUT2D eigenvalue weighted by Crippen LogP contribution is -2.28. The van der Waals surface area contributed by atoms with E-state index in [-0.39, 0.29) is 17.7 Å². The van der Waals surface area contributed by atoms with Crippen molar-refractivity contribution in [2.75, 3.05) is 0 Å². The highest BCUT2D eigenvalue weighted by atomic mass is 16.1. The molecule has 0 spiro atoms. The van der Waals surface area contributed by atoms with Gasteiger partial charge in [-0.1, -0.05) is 6.92 Å². The minimum Gasteiger partial charge on any atom is -0.327 e. The normalized spacial score (nSPS) is 17.5. The van der Waals surface area contributed by atoms with E-state index in [1.165, 1.54) is 0 Å². The van der Waals surface area contributed by atoms with Crippen LogP contribution in [0.1, 0.15) is 20.8 Å². The van der Waals surface area contributed by atoms with Gasteiger partial charge in [0.15, 0.2) is 0 Å². The molecular weight excluding hydrogens is 102 g/mol. The maximum atomic E-state index is 10.5. The lowest BCUT2D eigenvalue weighted by atomic mass is 10.0. The smallest absolute Gasteiger partial charge is 0.134 e. The van der Waals surface area contributed by atoms with E-state index in [2.05, 4.69) is 0 Å². The number of nitrogens with two attached hydrogens (primary N) is 1. The highest BCUT2D eigenvalue weighted by Crippen LogP contribution is 1.99. The van der Waals surface area contributed by atoms with Crippen molar-refractivity contribution in [2.45, 2.75) is 26.8 Å². The molecule has 0 rings (SSSR count). The van der Waals surface area contributed by atoms with Gasteiger partial charge in [0, 0.05) is 12.0 Å². The van der Waals surface area contributed by atoms with Crippen LogP contribution in [-0.2, 0) is 4.79 Å². The fourth-order valence-corrected chi connectivity index (χ4v) is 0.370. The third-order valence-corrected chi connectivity index (χ3v) is 1.43. The third-order valence-electron chi connectivity index (χ3n) is 1.43. The van der Waals surface area contributed by atoms with Crippen molar-refractivity contribution >= 4 is 5.78 Å². The van der Waals surface area contributed by atoms with E-state index in [9.17, 15) is 4.79 Å². The van der Waals surface area contributed by atoms with Crippen LogP contribution in [0.15, 0.2) is 0 Å². The quantitative estimate of drug-likeness (QED) is 0.571. The number of ketones is 1. The van der Waals surface area contributed by atoms with Gasteiger partial charge in [-0.3, -0.25) is 4.79 Å². The Morgan fingerprint density at radius 3 is 1.88 bits per heavy atom. The molecule has 2 N–H and O–H groups in total. The van der Waals surface area contributed by atoms with Crippen LogP contribution in [0.5, 0.6) is 0 Å². The topological polar surface area (TPSA) is 43.1 Å². The molecule has 0 aromatic heterocycles. The molecule has 0 aliphatic carbocycles. The molecule has 8 heavy (non-hydrogen) atoms. The van der Waals surface area contributed by atoms with E-state index >= 15 is 0 Å². The molecule has 0 unspecified atom stereocenters. The summed E-state index contributed by atoms with van der Waals surface area (Å²) in [7, 11) is 0. The molecule has 0 aromatic rings. The van der Waals surface area contributed by atoms with Gasteiger partial charge in [-0.05, 0) is 13.8 Å². The molecule has 0 saturated heterocycles. The maximum Gasteiger partial charge on any atom is 0.134 e. The first-order valence-corrected chi connectivity index (χ1v) is 2.81. The van der Waals surface area contributed by atoms with Crippen molar-refractivity contribution in [2.24, 2.45) is 11.7 Å². The van der Waals surface area contributed by atoms with Gasteiger partial charge in [-0.15, -0.1) is 0 Å². The van der Waals surface area contributed by atoms with E-state index in [0.29, 0.717) is 0 Å². The minimum atomic E-state index is -0.00694. The predicted octanol–water partition coefficient (Wildman–Crippen LogP) is 0.559. The van der Waals surface area contributed by atoms with Gasteiger partial charge in [0.25, 0.3) is 0 Å². The van der Waals surface area contributed by atoms with Crippen LogP contribution in [0.3, 0.4) is 0 Å². The van der Waals surface area contributed by atoms with Crippen molar-refractivity contribution in [3.63, 3.8) is 0 Å². The Morgan fingerprint density at radius 1 is 1.50 bits per heavy atom. The van der Waals surface area contributed by atoms with Gasteiger partial charge in [-0.25, -0.2) is 0 Å². The fraction of sp³-hybridized carbons (Fsp3) is 0.833. The zero-order valence-electron chi connectivity index (χ0n) is 5.64. The molecule has 2 nitrogen and oxygen atoms in total. The van der Waals surface area contributed by atoms with Gasteiger partial charge < -0.3 is 5.73 Å². The summed E-state index contributed by atoms with van der Waals surface area (Å²) in [4.78, 5) is 10.5. The molecule has 0 bridgehead atoms. The summed E-state index contributed by atoms with van der Waals surface area (Å²) in [5, 5.41) is 0. The summed E-state index contributed by atoms with van der Waals surface area (Å²) in [6, 6.07) is -0.00694. The lowest BCUT2D eigenvalue weighted by molar-refractivity contribution is -0.120. The van der Waals surface area contributed by atoms with Crippen molar-refractivity contribution in [1.82, 2.24) is 0 Å². The van der Waals surface area contributed by atoms with E-state index in [1.54, 1.807) is 6.92 Å². The average molecular weight is 115 g/mol. The Bertz CT molecular complexity index is 88.5. The second kappa shape index (κ2) is 2.82. The molecule has 0 heterocycles. The summed E-state index contributed by atoms with van der Waals surface area (Å²) in [6.45, 7) is 5.24. The third kappa shape index (κ3) is 2.07. The van der Waals surface area contributed by atoms with Crippen molar-refractivity contribution in [3.05, 3.63) is 0 Å². The molecule has 0 saturated carbocycles. The number of hydrogen-bond acceptors (Lipinski definition) is 2. The Kier molecular flexibility index (Phi) is 2.69. The van der Waals surface area contributed by atoms with E-state index in [4.69, 9.17) is 5.73 Å². The Hall–Kier alpha value is -0.370. The monoisotopic (exact) mass is 115 g/mol. The molecule has 0 radical (unpaired) electrons. The highest BCUT2D eigenvalue weighted by molar-refractivity contribution is 5.78. The summed E-state index contributed by atoms with van der Waals surface area (Å²) in [5.74, 6) is 0.176. The minimum absolute atomic E-state index is 0.00694.